The van der Waals surface area contributed by atoms with Crippen LogP contribution >= 0.6 is 0 Å². The molecule has 3 aromatic rings. The molecule has 2 aromatic heterocycles. The SMILES string of the molecule is Nc1nccc(N2CCCn3nc(C(=O)Nc4ccccc4)cc3C2)n1. The van der Waals surface area contributed by atoms with Gasteiger partial charge in [0.25, 0.3) is 5.91 Å². The minimum atomic E-state index is -0.213. The van der Waals surface area contributed by atoms with Gasteiger partial charge in [0, 0.05) is 25.0 Å². The maximum absolute atomic E-state index is 12.5. The first kappa shape index (κ1) is 16.1. The summed E-state index contributed by atoms with van der Waals surface area (Å²) in [6.07, 6.45) is 2.55. The third kappa shape index (κ3) is 3.34. The van der Waals surface area contributed by atoms with Crippen molar-refractivity contribution in [2.24, 2.45) is 0 Å². The Hall–Kier alpha value is -3.42. The summed E-state index contributed by atoms with van der Waals surface area (Å²) in [4.78, 5) is 22.8. The topological polar surface area (TPSA) is 102 Å². The predicted octanol–water partition coefficient (Wildman–Crippen LogP) is 1.92. The fourth-order valence-corrected chi connectivity index (χ4v) is 3.03. The lowest BCUT2D eigenvalue weighted by molar-refractivity contribution is 0.102. The molecule has 0 atom stereocenters. The van der Waals surface area contributed by atoms with Crippen LogP contribution in [-0.4, -0.2) is 32.2 Å². The molecule has 0 saturated heterocycles. The molecule has 1 amide bonds. The quantitative estimate of drug-likeness (QED) is 0.749. The Morgan fingerprint density at radius 3 is 2.81 bits per heavy atom. The van der Waals surface area contributed by atoms with Gasteiger partial charge in [0.2, 0.25) is 5.95 Å². The average Bonchev–Trinajstić information content (AvgIpc) is 2.94. The van der Waals surface area contributed by atoms with E-state index in [9.17, 15) is 4.79 Å². The molecule has 8 heteroatoms. The second-order valence-corrected chi connectivity index (χ2v) is 6.11. The van der Waals surface area contributed by atoms with Crippen LogP contribution in [0.25, 0.3) is 0 Å². The van der Waals surface area contributed by atoms with Gasteiger partial charge in [-0.1, -0.05) is 18.2 Å². The van der Waals surface area contributed by atoms with E-state index in [1.807, 2.05) is 47.1 Å². The highest BCUT2D eigenvalue weighted by molar-refractivity contribution is 6.02. The van der Waals surface area contributed by atoms with Crippen molar-refractivity contribution in [2.45, 2.75) is 19.5 Å². The Morgan fingerprint density at radius 1 is 1.15 bits per heavy atom. The molecule has 0 unspecified atom stereocenters. The van der Waals surface area contributed by atoms with Gasteiger partial charge in [-0.2, -0.15) is 10.1 Å². The maximum atomic E-state index is 12.5. The average molecular weight is 349 g/mol. The van der Waals surface area contributed by atoms with Crippen molar-refractivity contribution in [1.82, 2.24) is 19.7 Å². The molecule has 0 bridgehead atoms. The first-order valence-electron chi connectivity index (χ1n) is 8.45. The number of hydrogen-bond donors (Lipinski definition) is 2. The van der Waals surface area contributed by atoms with E-state index in [4.69, 9.17) is 5.73 Å². The number of aromatic nitrogens is 4. The number of carbonyl (C=O) groups excluding carboxylic acids is 1. The van der Waals surface area contributed by atoms with Crippen molar-refractivity contribution in [3.05, 3.63) is 60.0 Å². The molecule has 0 radical (unpaired) electrons. The summed E-state index contributed by atoms with van der Waals surface area (Å²) in [5.41, 5.74) is 7.83. The molecule has 0 saturated carbocycles. The van der Waals surface area contributed by atoms with Gasteiger partial charge in [0.05, 0.1) is 12.2 Å². The van der Waals surface area contributed by atoms with E-state index in [0.717, 1.165) is 36.7 Å². The molecule has 1 aliphatic rings. The monoisotopic (exact) mass is 349 g/mol. The summed E-state index contributed by atoms with van der Waals surface area (Å²) in [6.45, 7) is 2.21. The van der Waals surface area contributed by atoms with Crippen LogP contribution in [0.5, 0.6) is 0 Å². The van der Waals surface area contributed by atoms with Crippen LogP contribution in [0.15, 0.2) is 48.7 Å². The van der Waals surface area contributed by atoms with E-state index in [-0.39, 0.29) is 11.9 Å². The van der Waals surface area contributed by atoms with Gasteiger partial charge >= 0.3 is 0 Å². The zero-order valence-corrected chi connectivity index (χ0v) is 14.2. The molecule has 4 rings (SSSR count). The summed E-state index contributed by atoms with van der Waals surface area (Å²) >= 11 is 0. The molecule has 0 fully saturated rings. The van der Waals surface area contributed by atoms with Gasteiger partial charge in [0.15, 0.2) is 5.69 Å². The summed E-state index contributed by atoms with van der Waals surface area (Å²) in [6, 6.07) is 13.0. The van der Waals surface area contributed by atoms with Gasteiger partial charge < -0.3 is 16.0 Å². The molecule has 26 heavy (non-hydrogen) atoms. The first-order chi connectivity index (χ1) is 12.7. The number of benzene rings is 1. The Kier molecular flexibility index (Phi) is 4.22. The van der Waals surface area contributed by atoms with Gasteiger partial charge in [-0.05, 0) is 30.7 Å². The molecule has 1 aromatic carbocycles. The number of nitrogens with zero attached hydrogens (tertiary/aromatic N) is 5. The van der Waals surface area contributed by atoms with Crippen molar-refractivity contribution in [3.8, 4) is 0 Å². The van der Waals surface area contributed by atoms with Gasteiger partial charge in [0.1, 0.15) is 5.82 Å². The van der Waals surface area contributed by atoms with Crippen molar-refractivity contribution in [1.29, 1.82) is 0 Å². The molecule has 8 nitrogen and oxygen atoms in total. The lowest BCUT2D eigenvalue weighted by Gasteiger charge is -2.20. The fraction of sp³-hybridized carbons (Fsp3) is 0.222. The number of fused-ring (bicyclic) bond motifs is 1. The highest BCUT2D eigenvalue weighted by Crippen LogP contribution is 2.20. The van der Waals surface area contributed by atoms with Crippen molar-refractivity contribution in [2.75, 3.05) is 22.5 Å². The Labute approximate surface area is 150 Å². The van der Waals surface area contributed by atoms with E-state index in [1.54, 1.807) is 6.20 Å². The second kappa shape index (κ2) is 6.83. The number of nitrogens with two attached hydrogens (primary N) is 1. The molecule has 0 spiro atoms. The number of aryl methyl sites for hydroxylation is 1. The van der Waals surface area contributed by atoms with E-state index in [0.29, 0.717) is 12.2 Å². The van der Waals surface area contributed by atoms with Crippen LogP contribution in [0.2, 0.25) is 0 Å². The van der Waals surface area contributed by atoms with Gasteiger partial charge in [-0.15, -0.1) is 0 Å². The highest BCUT2D eigenvalue weighted by Gasteiger charge is 2.20. The van der Waals surface area contributed by atoms with Crippen LogP contribution < -0.4 is 16.0 Å². The van der Waals surface area contributed by atoms with Gasteiger partial charge in [-0.25, -0.2) is 4.98 Å². The van der Waals surface area contributed by atoms with Gasteiger partial charge in [-0.3, -0.25) is 9.48 Å². The molecule has 3 N–H and O–H groups in total. The van der Waals surface area contributed by atoms with Crippen LogP contribution in [0.1, 0.15) is 22.6 Å². The predicted molar refractivity (Wildman–Crippen MR) is 98.7 cm³/mol. The second-order valence-electron chi connectivity index (χ2n) is 6.11. The zero-order chi connectivity index (χ0) is 17.9. The zero-order valence-electron chi connectivity index (χ0n) is 14.2. The number of amides is 1. The van der Waals surface area contributed by atoms with Crippen molar-refractivity contribution >= 4 is 23.4 Å². The standard InChI is InChI=1S/C18H19N7O/c19-18-20-8-7-16(22-18)24-9-4-10-25-14(12-24)11-15(23-25)17(26)21-13-5-2-1-3-6-13/h1-3,5-8,11H,4,9-10,12H2,(H,21,26)(H2,19,20,22). The van der Waals surface area contributed by atoms with E-state index < -0.39 is 0 Å². The van der Waals surface area contributed by atoms with Crippen LogP contribution in [0.3, 0.4) is 0 Å². The molecule has 1 aliphatic heterocycles. The Bertz CT molecular complexity index is 922. The summed E-state index contributed by atoms with van der Waals surface area (Å²) < 4.78 is 1.89. The normalized spacial score (nSPS) is 13.8. The number of hydrogen-bond acceptors (Lipinski definition) is 6. The molecular weight excluding hydrogens is 330 g/mol. The lowest BCUT2D eigenvalue weighted by Crippen LogP contribution is -2.24. The number of anilines is 3. The van der Waals surface area contributed by atoms with Crippen LogP contribution in [0.4, 0.5) is 17.5 Å². The molecule has 3 heterocycles. The third-order valence-corrected chi connectivity index (χ3v) is 4.26. The number of nitrogen functional groups attached to an aromatic ring is 1. The Balaban J connectivity index is 1.54. The summed E-state index contributed by atoms with van der Waals surface area (Å²) in [5.74, 6) is 0.820. The first-order valence-corrected chi connectivity index (χ1v) is 8.45. The Morgan fingerprint density at radius 2 is 2.00 bits per heavy atom. The number of rotatable bonds is 3. The van der Waals surface area contributed by atoms with Crippen molar-refractivity contribution in [3.63, 3.8) is 0 Å². The minimum absolute atomic E-state index is 0.213. The number of para-hydroxylation sites is 1. The molecule has 132 valence electrons. The summed E-state index contributed by atoms with van der Waals surface area (Å²) in [7, 11) is 0. The van der Waals surface area contributed by atoms with E-state index >= 15 is 0 Å². The summed E-state index contributed by atoms with van der Waals surface area (Å²) in [5, 5.41) is 7.34. The highest BCUT2D eigenvalue weighted by atomic mass is 16.1. The number of nitrogens with one attached hydrogen (secondary N) is 1. The minimum Gasteiger partial charge on any atom is -0.368 e. The largest absolute Gasteiger partial charge is 0.368 e. The van der Waals surface area contributed by atoms with Crippen LogP contribution in [0, 0.1) is 0 Å². The van der Waals surface area contributed by atoms with Crippen LogP contribution in [-0.2, 0) is 13.1 Å². The van der Waals surface area contributed by atoms with E-state index in [1.165, 1.54) is 0 Å². The lowest BCUT2D eigenvalue weighted by atomic mass is 10.3. The number of carbonyl (C=O) groups is 1. The van der Waals surface area contributed by atoms with Crippen molar-refractivity contribution < 1.29 is 4.79 Å². The fourth-order valence-electron chi connectivity index (χ4n) is 3.03. The smallest absolute Gasteiger partial charge is 0.276 e. The van der Waals surface area contributed by atoms with E-state index in [2.05, 4.69) is 25.3 Å². The molecule has 0 aliphatic carbocycles. The molecular formula is C18H19N7O. The third-order valence-electron chi connectivity index (χ3n) is 4.26. The maximum Gasteiger partial charge on any atom is 0.276 e.